The third kappa shape index (κ3) is 1.29. The van der Waals surface area contributed by atoms with Crippen LogP contribution < -0.4 is 0 Å². The molecule has 1 aliphatic carbocycles. The molecule has 14 heavy (non-hydrogen) atoms. The highest BCUT2D eigenvalue weighted by molar-refractivity contribution is 9.10. The van der Waals surface area contributed by atoms with Gasteiger partial charge in [0.1, 0.15) is 0 Å². The fourth-order valence-corrected chi connectivity index (χ4v) is 2.78. The first-order chi connectivity index (χ1) is 6.75. The lowest BCUT2D eigenvalue weighted by Crippen LogP contribution is -1.92. The molecule has 1 fully saturated rings. The fourth-order valence-electron chi connectivity index (χ4n) is 1.88. The summed E-state index contributed by atoms with van der Waals surface area (Å²) in [5.41, 5.74) is 1.28. The highest BCUT2D eigenvalue weighted by Crippen LogP contribution is 2.41. The number of rotatable bonds is 1. The van der Waals surface area contributed by atoms with Gasteiger partial charge >= 0.3 is 0 Å². The molecule has 1 nitrogen and oxygen atoms in total. The van der Waals surface area contributed by atoms with E-state index >= 15 is 0 Å². The number of hydrogen-bond donors (Lipinski definition) is 0. The van der Waals surface area contributed by atoms with Gasteiger partial charge < -0.3 is 4.57 Å². The highest BCUT2D eigenvalue weighted by Gasteiger charge is 2.26. The van der Waals surface area contributed by atoms with Crippen molar-refractivity contribution in [2.24, 2.45) is 0 Å². The van der Waals surface area contributed by atoms with Crippen molar-refractivity contribution in [3.8, 4) is 0 Å². The largest absolute Gasteiger partial charge is 0.332 e. The van der Waals surface area contributed by atoms with Crippen molar-refractivity contribution in [3.05, 3.63) is 33.9 Å². The Labute approximate surface area is 95.8 Å². The van der Waals surface area contributed by atoms with E-state index in [1.165, 1.54) is 23.7 Å². The molecule has 0 amide bonds. The molecule has 1 heterocycles. The van der Waals surface area contributed by atoms with Crippen molar-refractivity contribution in [3.63, 3.8) is 0 Å². The van der Waals surface area contributed by atoms with Gasteiger partial charge in [0.25, 0.3) is 0 Å². The number of aromatic nitrogens is 1. The smallest absolute Gasteiger partial charge is 0.0860 e. The van der Waals surface area contributed by atoms with E-state index in [2.05, 4.69) is 32.6 Å². The van der Waals surface area contributed by atoms with Gasteiger partial charge in [-0.25, -0.2) is 0 Å². The lowest BCUT2D eigenvalue weighted by Gasteiger charge is -2.04. The monoisotopic (exact) mass is 269 g/mol. The van der Waals surface area contributed by atoms with Gasteiger partial charge in [-0.05, 0) is 53.0 Å². The molecule has 0 unspecified atom stereocenters. The molecule has 1 aromatic heterocycles. The topological polar surface area (TPSA) is 4.93 Å². The van der Waals surface area contributed by atoms with Crippen LogP contribution >= 0.6 is 27.5 Å². The fraction of sp³-hybridized carbons (Fsp3) is 0.273. The molecular formula is C11H9BrClN. The summed E-state index contributed by atoms with van der Waals surface area (Å²) in [7, 11) is 0. The molecule has 0 N–H and O–H groups in total. The van der Waals surface area contributed by atoms with Gasteiger partial charge in [-0.15, -0.1) is 0 Å². The summed E-state index contributed by atoms with van der Waals surface area (Å²) < 4.78 is 3.52. The summed E-state index contributed by atoms with van der Waals surface area (Å²) in [6.07, 6.45) is 2.59. The van der Waals surface area contributed by atoms with Crippen LogP contribution in [0, 0.1) is 0 Å². The lowest BCUT2D eigenvalue weighted by molar-refractivity contribution is 0.758. The van der Waals surface area contributed by atoms with Crippen LogP contribution in [-0.2, 0) is 0 Å². The first-order valence-electron chi connectivity index (χ1n) is 4.72. The maximum absolute atomic E-state index is 5.95. The van der Waals surface area contributed by atoms with Crippen molar-refractivity contribution >= 4 is 38.4 Å². The number of halogens is 2. The Bertz CT molecular complexity index is 499. The van der Waals surface area contributed by atoms with Gasteiger partial charge in [0.05, 0.1) is 4.60 Å². The molecule has 3 heteroatoms. The van der Waals surface area contributed by atoms with Crippen LogP contribution in [0.25, 0.3) is 10.9 Å². The van der Waals surface area contributed by atoms with E-state index in [0.29, 0.717) is 6.04 Å². The quantitative estimate of drug-likeness (QED) is 0.724. The number of nitrogens with zero attached hydrogens (tertiary/aromatic N) is 1. The Morgan fingerprint density at radius 2 is 2.07 bits per heavy atom. The van der Waals surface area contributed by atoms with Crippen LogP contribution in [0.5, 0.6) is 0 Å². The zero-order valence-electron chi connectivity index (χ0n) is 7.50. The van der Waals surface area contributed by atoms with E-state index in [1.54, 1.807) is 0 Å². The number of benzene rings is 1. The van der Waals surface area contributed by atoms with Gasteiger partial charge in [-0.3, -0.25) is 0 Å². The first kappa shape index (κ1) is 8.81. The molecule has 0 atom stereocenters. The molecule has 72 valence electrons. The molecule has 0 saturated heterocycles. The van der Waals surface area contributed by atoms with Crippen molar-refractivity contribution in [2.45, 2.75) is 18.9 Å². The summed E-state index contributed by atoms with van der Waals surface area (Å²) >= 11 is 9.55. The summed E-state index contributed by atoms with van der Waals surface area (Å²) in [6, 6.07) is 8.90. The van der Waals surface area contributed by atoms with Crippen LogP contribution in [0.4, 0.5) is 0 Å². The molecule has 0 aliphatic heterocycles. The Kier molecular flexibility index (Phi) is 1.89. The van der Waals surface area contributed by atoms with E-state index in [9.17, 15) is 0 Å². The minimum atomic E-state index is 0.697. The summed E-state index contributed by atoms with van der Waals surface area (Å²) in [5.74, 6) is 0. The molecule has 1 saturated carbocycles. The Balaban J connectivity index is 2.32. The SMILES string of the molecule is Clc1ccc2c(c1)cc(Br)n2C1CC1. The average Bonchev–Trinajstić information content (AvgIpc) is 2.89. The second kappa shape index (κ2) is 3.01. The van der Waals surface area contributed by atoms with E-state index in [0.717, 1.165) is 9.63 Å². The molecular weight excluding hydrogens is 261 g/mol. The van der Waals surface area contributed by atoms with Gasteiger partial charge in [-0.1, -0.05) is 11.6 Å². The molecule has 0 spiro atoms. The zero-order chi connectivity index (χ0) is 9.71. The second-order valence-corrected chi connectivity index (χ2v) is 5.02. The predicted molar refractivity (Wildman–Crippen MR) is 62.9 cm³/mol. The Hall–Kier alpha value is -0.470. The molecule has 1 aliphatic rings. The van der Waals surface area contributed by atoms with E-state index in [-0.39, 0.29) is 0 Å². The lowest BCUT2D eigenvalue weighted by atomic mass is 10.2. The predicted octanol–water partition coefficient (Wildman–Crippen LogP) is 4.39. The van der Waals surface area contributed by atoms with Crippen LogP contribution in [0.15, 0.2) is 28.9 Å². The van der Waals surface area contributed by atoms with Gasteiger partial charge in [0.15, 0.2) is 0 Å². The maximum Gasteiger partial charge on any atom is 0.0860 e. The van der Waals surface area contributed by atoms with Crippen molar-refractivity contribution in [1.29, 1.82) is 0 Å². The summed E-state index contributed by atoms with van der Waals surface area (Å²) in [4.78, 5) is 0. The normalized spacial score (nSPS) is 16.4. The van der Waals surface area contributed by atoms with Gasteiger partial charge in [0, 0.05) is 22.0 Å². The Morgan fingerprint density at radius 1 is 1.29 bits per heavy atom. The molecule has 0 bridgehead atoms. The van der Waals surface area contributed by atoms with Crippen LogP contribution in [0.2, 0.25) is 5.02 Å². The second-order valence-electron chi connectivity index (χ2n) is 3.77. The van der Waals surface area contributed by atoms with Crippen molar-refractivity contribution < 1.29 is 0 Å². The first-order valence-corrected chi connectivity index (χ1v) is 5.89. The van der Waals surface area contributed by atoms with E-state index in [1.807, 2.05) is 12.1 Å². The minimum Gasteiger partial charge on any atom is -0.332 e. The van der Waals surface area contributed by atoms with Gasteiger partial charge in [0.2, 0.25) is 0 Å². The molecule has 3 rings (SSSR count). The Morgan fingerprint density at radius 3 is 2.79 bits per heavy atom. The van der Waals surface area contributed by atoms with E-state index in [4.69, 9.17) is 11.6 Å². The molecule has 0 radical (unpaired) electrons. The number of hydrogen-bond acceptors (Lipinski definition) is 0. The average molecular weight is 271 g/mol. The third-order valence-electron chi connectivity index (χ3n) is 2.67. The van der Waals surface area contributed by atoms with Crippen LogP contribution in [-0.4, -0.2) is 4.57 Å². The standard InChI is InChI=1S/C11H9BrClN/c12-11-6-7-5-8(13)1-4-10(7)14(11)9-2-3-9/h1,4-6,9H,2-3H2. The molecule has 2 aromatic rings. The summed E-state index contributed by atoms with van der Waals surface area (Å²) in [5, 5.41) is 2.02. The zero-order valence-corrected chi connectivity index (χ0v) is 9.85. The number of fused-ring (bicyclic) bond motifs is 1. The maximum atomic E-state index is 5.95. The van der Waals surface area contributed by atoms with Crippen molar-refractivity contribution in [1.82, 2.24) is 4.57 Å². The van der Waals surface area contributed by atoms with Gasteiger partial charge in [-0.2, -0.15) is 0 Å². The summed E-state index contributed by atoms with van der Waals surface area (Å²) in [6.45, 7) is 0. The highest BCUT2D eigenvalue weighted by atomic mass is 79.9. The minimum absolute atomic E-state index is 0.697. The molecule has 1 aromatic carbocycles. The third-order valence-corrected chi connectivity index (χ3v) is 3.51. The van der Waals surface area contributed by atoms with E-state index < -0.39 is 0 Å². The van der Waals surface area contributed by atoms with Crippen LogP contribution in [0.1, 0.15) is 18.9 Å². The van der Waals surface area contributed by atoms with Crippen LogP contribution in [0.3, 0.4) is 0 Å². The van der Waals surface area contributed by atoms with Crippen molar-refractivity contribution in [2.75, 3.05) is 0 Å².